The largest absolute Gasteiger partial charge is 0.311 e. The lowest BCUT2D eigenvalue weighted by Gasteiger charge is -2.37. The van der Waals surface area contributed by atoms with Crippen molar-refractivity contribution >= 4 is 0 Å². The Hall–Kier alpha value is -0.120. The van der Waals surface area contributed by atoms with E-state index in [1.807, 2.05) is 0 Å². The molecule has 0 spiro atoms. The summed E-state index contributed by atoms with van der Waals surface area (Å²) in [6.07, 6.45) is 2.65. The van der Waals surface area contributed by atoms with Gasteiger partial charge in [0.05, 0.1) is 0 Å². The van der Waals surface area contributed by atoms with Gasteiger partial charge in [0.1, 0.15) is 0 Å². The van der Waals surface area contributed by atoms with Crippen LogP contribution in [0.5, 0.6) is 0 Å². The highest BCUT2D eigenvalue weighted by atomic mass is 15.2. The van der Waals surface area contributed by atoms with E-state index in [2.05, 4.69) is 43.1 Å². The van der Waals surface area contributed by atoms with Crippen LogP contribution in [0.15, 0.2) is 0 Å². The molecule has 1 N–H and O–H groups in total. The Morgan fingerprint density at radius 3 is 2.67 bits per heavy atom. The van der Waals surface area contributed by atoms with Crippen LogP contribution < -0.4 is 5.32 Å². The molecule has 1 aliphatic heterocycles. The monoisotopic (exact) mass is 213 g/mol. The molecule has 3 heteroatoms. The van der Waals surface area contributed by atoms with Crippen LogP contribution in [0.25, 0.3) is 0 Å². The summed E-state index contributed by atoms with van der Waals surface area (Å²) in [5, 5.41) is 3.52. The third kappa shape index (κ3) is 4.96. The van der Waals surface area contributed by atoms with Crippen molar-refractivity contribution in [2.45, 2.75) is 38.8 Å². The van der Waals surface area contributed by atoms with Crippen molar-refractivity contribution in [1.29, 1.82) is 0 Å². The second kappa shape index (κ2) is 6.46. The van der Waals surface area contributed by atoms with Crippen LogP contribution in [0, 0.1) is 0 Å². The second-order valence-electron chi connectivity index (χ2n) is 5.16. The highest BCUT2D eigenvalue weighted by Gasteiger charge is 2.21. The van der Waals surface area contributed by atoms with Crippen molar-refractivity contribution in [1.82, 2.24) is 15.1 Å². The summed E-state index contributed by atoms with van der Waals surface area (Å²) in [7, 11) is 4.30. The molecule has 3 nitrogen and oxygen atoms in total. The van der Waals surface area contributed by atoms with Gasteiger partial charge in [0, 0.05) is 25.2 Å². The lowest BCUT2D eigenvalue weighted by Crippen LogP contribution is -2.54. The molecule has 2 atom stereocenters. The van der Waals surface area contributed by atoms with E-state index >= 15 is 0 Å². The van der Waals surface area contributed by atoms with E-state index in [1.54, 1.807) is 0 Å². The minimum atomic E-state index is 0.662. The number of hydrogen-bond donors (Lipinski definition) is 1. The quantitative estimate of drug-likeness (QED) is 0.688. The predicted molar refractivity (Wildman–Crippen MR) is 66.3 cm³/mol. The number of hydrogen-bond acceptors (Lipinski definition) is 3. The fourth-order valence-corrected chi connectivity index (χ4v) is 2.15. The topological polar surface area (TPSA) is 18.5 Å². The molecule has 1 fully saturated rings. The average Bonchev–Trinajstić information content (AvgIpc) is 2.17. The van der Waals surface area contributed by atoms with E-state index in [0.29, 0.717) is 12.1 Å². The molecule has 0 aromatic heterocycles. The molecule has 0 bridgehead atoms. The first-order chi connectivity index (χ1) is 7.09. The van der Waals surface area contributed by atoms with E-state index in [-0.39, 0.29) is 0 Å². The molecule has 1 aliphatic rings. The van der Waals surface area contributed by atoms with Gasteiger partial charge in [-0.05, 0) is 53.9 Å². The summed E-state index contributed by atoms with van der Waals surface area (Å²) >= 11 is 0. The maximum Gasteiger partial charge on any atom is 0.0193 e. The molecule has 0 saturated carbocycles. The van der Waals surface area contributed by atoms with Crippen molar-refractivity contribution in [2.24, 2.45) is 0 Å². The van der Waals surface area contributed by atoms with Gasteiger partial charge < -0.3 is 10.2 Å². The number of piperazine rings is 1. The van der Waals surface area contributed by atoms with E-state index < -0.39 is 0 Å². The zero-order valence-corrected chi connectivity index (χ0v) is 10.8. The van der Waals surface area contributed by atoms with Crippen molar-refractivity contribution in [3.63, 3.8) is 0 Å². The zero-order valence-electron chi connectivity index (χ0n) is 10.8. The molecule has 0 aromatic rings. The molecule has 1 heterocycles. The maximum atomic E-state index is 3.52. The van der Waals surface area contributed by atoms with Crippen LogP contribution in [0.1, 0.15) is 26.7 Å². The summed E-state index contributed by atoms with van der Waals surface area (Å²) in [5.41, 5.74) is 0. The van der Waals surface area contributed by atoms with Gasteiger partial charge in [-0.2, -0.15) is 0 Å². The van der Waals surface area contributed by atoms with E-state index in [4.69, 9.17) is 0 Å². The number of nitrogens with zero attached hydrogens (tertiary/aromatic N) is 2. The third-order valence-electron chi connectivity index (χ3n) is 3.19. The van der Waals surface area contributed by atoms with E-state index in [1.165, 1.54) is 32.5 Å². The molecular weight excluding hydrogens is 186 g/mol. The summed E-state index contributed by atoms with van der Waals surface area (Å²) in [4.78, 5) is 4.89. The van der Waals surface area contributed by atoms with Crippen molar-refractivity contribution in [3.8, 4) is 0 Å². The summed E-state index contributed by atoms with van der Waals surface area (Å²) in [6.45, 7) is 9.44. The van der Waals surface area contributed by atoms with Gasteiger partial charge in [-0.15, -0.1) is 0 Å². The normalized spacial score (nSPS) is 28.6. The summed E-state index contributed by atoms with van der Waals surface area (Å²) in [6, 6.07) is 1.37. The lowest BCUT2D eigenvalue weighted by molar-refractivity contribution is 0.143. The Labute approximate surface area is 94.8 Å². The van der Waals surface area contributed by atoms with Crippen molar-refractivity contribution in [2.75, 3.05) is 40.3 Å². The first-order valence-corrected chi connectivity index (χ1v) is 6.21. The van der Waals surface area contributed by atoms with Gasteiger partial charge in [0.25, 0.3) is 0 Å². The minimum Gasteiger partial charge on any atom is -0.311 e. The Morgan fingerprint density at radius 1 is 1.27 bits per heavy atom. The third-order valence-corrected chi connectivity index (χ3v) is 3.19. The van der Waals surface area contributed by atoms with Gasteiger partial charge in [0.2, 0.25) is 0 Å². The number of rotatable bonds is 5. The molecular formula is C12H27N3. The van der Waals surface area contributed by atoms with Crippen LogP contribution in [0.2, 0.25) is 0 Å². The van der Waals surface area contributed by atoms with Gasteiger partial charge >= 0.3 is 0 Å². The highest BCUT2D eigenvalue weighted by molar-refractivity contribution is 4.81. The van der Waals surface area contributed by atoms with Crippen LogP contribution in [-0.2, 0) is 0 Å². The molecule has 0 unspecified atom stereocenters. The fraction of sp³-hybridized carbons (Fsp3) is 1.00. The molecule has 0 radical (unpaired) electrons. The minimum absolute atomic E-state index is 0.662. The number of nitrogens with one attached hydrogen (secondary N) is 1. The Morgan fingerprint density at radius 2 is 2.00 bits per heavy atom. The summed E-state index contributed by atoms with van der Waals surface area (Å²) in [5.74, 6) is 0. The van der Waals surface area contributed by atoms with Crippen LogP contribution in [0.3, 0.4) is 0 Å². The molecule has 1 rings (SSSR count). The Bertz CT molecular complexity index is 170. The standard InChI is InChI=1S/C12H27N3/c1-11-10-15(12(2)9-13-11)8-6-5-7-14(3)4/h11-13H,5-10H2,1-4H3/t11-,12+/m1/s1. The van der Waals surface area contributed by atoms with Gasteiger partial charge in [-0.25, -0.2) is 0 Å². The van der Waals surface area contributed by atoms with Crippen molar-refractivity contribution < 1.29 is 0 Å². The molecule has 0 amide bonds. The fourth-order valence-electron chi connectivity index (χ4n) is 2.15. The van der Waals surface area contributed by atoms with E-state index in [0.717, 1.165) is 6.54 Å². The van der Waals surface area contributed by atoms with Crippen molar-refractivity contribution in [3.05, 3.63) is 0 Å². The van der Waals surface area contributed by atoms with Crippen LogP contribution in [0.4, 0.5) is 0 Å². The molecule has 15 heavy (non-hydrogen) atoms. The Kier molecular flexibility index (Phi) is 5.58. The highest BCUT2D eigenvalue weighted by Crippen LogP contribution is 2.07. The summed E-state index contributed by atoms with van der Waals surface area (Å²) < 4.78 is 0. The first kappa shape index (κ1) is 12.9. The molecule has 90 valence electrons. The van der Waals surface area contributed by atoms with Crippen LogP contribution >= 0.6 is 0 Å². The first-order valence-electron chi connectivity index (χ1n) is 6.21. The van der Waals surface area contributed by atoms with E-state index in [9.17, 15) is 0 Å². The average molecular weight is 213 g/mol. The molecule has 1 saturated heterocycles. The SMILES string of the molecule is C[C@@H]1CN(CCCCN(C)C)[C@@H](C)CN1. The lowest BCUT2D eigenvalue weighted by atomic mass is 10.1. The zero-order chi connectivity index (χ0) is 11.3. The number of unbranched alkanes of at least 4 members (excludes halogenated alkanes) is 1. The smallest absolute Gasteiger partial charge is 0.0193 e. The molecule has 0 aliphatic carbocycles. The van der Waals surface area contributed by atoms with Gasteiger partial charge in [-0.1, -0.05) is 0 Å². The second-order valence-corrected chi connectivity index (χ2v) is 5.16. The Balaban J connectivity index is 2.13. The van der Waals surface area contributed by atoms with Gasteiger partial charge in [0.15, 0.2) is 0 Å². The van der Waals surface area contributed by atoms with Crippen LogP contribution in [-0.4, -0.2) is 62.2 Å². The maximum absolute atomic E-state index is 3.52. The van der Waals surface area contributed by atoms with Gasteiger partial charge in [-0.3, -0.25) is 4.90 Å². The molecule has 0 aromatic carbocycles. The predicted octanol–water partition coefficient (Wildman–Crippen LogP) is 1.01.